The predicted molar refractivity (Wildman–Crippen MR) is 150 cm³/mol. The fraction of sp³-hybridized carbons (Fsp3) is 0.593. The van der Waals surface area contributed by atoms with Gasteiger partial charge in [-0.05, 0) is 78.8 Å². The lowest BCUT2D eigenvalue weighted by atomic mass is 9.96. The van der Waals surface area contributed by atoms with Crippen LogP contribution in [0, 0.1) is 5.92 Å². The van der Waals surface area contributed by atoms with Crippen molar-refractivity contribution in [3.63, 3.8) is 0 Å². The van der Waals surface area contributed by atoms with E-state index in [0.29, 0.717) is 35.1 Å². The van der Waals surface area contributed by atoms with Crippen LogP contribution in [0.4, 0.5) is 11.5 Å². The maximum atomic E-state index is 10.3. The van der Waals surface area contributed by atoms with E-state index in [1.807, 2.05) is 43.7 Å². The lowest BCUT2D eigenvalue weighted by Crippen LogP contribution is -2.38. The number of aromatic nitrogens is 4. The molecule has 0 amide bonds. The van der Waals surface area contributed by atoms with Crippen molar-refractivity contribution in [3.8, 4) is 17.0 Å². The molecule has 1 aliphatic rings. The number of methoxy groups -OCH3 is 1. The van der Waals surface area contributed by atoms with Crippen LogP contribution < -0.4 is 15.8 Å². The van der Waals surface area contributed by atoms with E-state index in [4.69, 9.17) is 20.3 Å². The van der Waals surface area contributed by atoms with E-state index >= 15 is 0 Å². The van der Waals surface area contributed by atoms with Crippen molar-refractivity contribution in [1.82, 2.24) is 29.5 Å². The highest BCUT2D eigenvalue weighted by molar-refractivity contribution is 5.98. The van der Waals surface area contributed by atoms with Gasteiger partial charge in [0.2, 0.25) is 6.41 Å². The maximum absolute atomic E-state index is 10.3. The standard InChI is InChI=1S/C27H42N8O3/c1-27(2,3)38-26(36)31-20-8-7-19(15-21(20)37-6)23-22-24(28)29-17-30-25(22)35(32-23)14-13-34-11-9-18(10-12-34)16-33(4)5/h7-8,15,17-18,26,31,36H,9-14,16H2,1-6H3,(H2,28,29,30). The number of benzene rings is 1. The SMILES string of the molecule is COc1cc(-c2nn(CCN3CCC(CN(C)C)CC3)c3ncnc(N)c23)ccc1NC(O)OC(C)(C)C. The number of hydrogen-bond acceptors (Lipinski definition) is 10. The van der Waals surface area contributed by atoms with E-state index in [0.717, 1.165) is 43.0 Å². The number of nitrogen functional groups attached to an aromatic ring is 1. The molecular weight excluding hydrogens is 484 g/mol. The van der Waals surface area contributed by atoms with Gasteiger partial charge in [0, 0.05) is 18.7 Å². The average molecular weight is 527 g/mol. The van der Waals surface area contributed by atoms with Gasteiger partial charge in [0.15, 0.2) is 5.65 Å². The Morgan fingerprint density at radius 2 is 1.92 bits per heavy atom. The number of anilines is 2. The van der Waals surface area contributed by atoms with Crippen LogP contribution in [0.1, 0.15) is 33.6 Å². The molecule has 1 fully saturated rings. The van der Waals surface area contributed by atoms with Crippen LogP contribution in [-0.4, -0.2) is 94.1 Å². The Labute approximate surface area is 224 Å². The summed E-state index contributed by atoms with van der Waals surface area (Å²) >= 11 is 0. The molecule has 1 saturated heterocycles. The molecule has 0 bridgehead atoms. The maximum Gasteiger partial charge on any atom is 0.236 e. The number of aliphatic hydroxyl groups is 1. The number of fused-ring (bicyclic) bond motifs is 1. The second-order valence-corrected chi connectivity index (χ2v) is 11.2. The molecule has 38 heavy (non-hydrogen) atoms. The fourth-order valence-electron chi connectivity index (χ4n) is 4.99. The first-order valence-corrected chi connectivity index (χ1v) is 13.2. The number of hydrogen-bond donors (Lipinski definition) is 3. The van der Waals surface area contributed by atoms with E-state index in [9.17, 15) is 5.11 Å². The molecule has 1 aromatic carbocycles. The van der Waals surface area contributed by atoms with Gasteiger partial charge in [0.05, 0.1) is 30.3 Å². The topological polar surface area (TPSA) is 127 Å². The van der Waals surface area contributed by atoms with Crippen molar-refractivity contribution in [2.45, 2.75) is 52.2 Å². The minimum Gasteiger partial charge on any atom is -0.495 e. The molecule has 4 rings (SSSR count). The third kappa shape index (κ3) is 6.90. The molecule has 0 spiro atoms. The van der Waals surface area contributed by atoms with Gasteiger partial charge in [0.1, 0.15) is 23.6 Å². The Morgan fingerprint density at radius 1 is 1.18 bits per heavy atom. The molecule has 1 aliphatic heterocycles. The van der Waals surface area contributed by atoms with Crippen molar-refractivity contribution in [2.75, 3.05) is 58.4 Å². The smallest absolute Gasteiger partial charge is 0.236 e. The molecule has 2 aromatic heterocycles. The van der Waals surface area contributed by atoms with E-state index in [2.05, 4.69) is 39.2 Å². The van der Waals surface area contributed by atoms with Crippen LogP contribution in [0.25, 0.3) is 22.3 Å². The van der Waals surface area contributed by atoms with Crippen LogP contribution >= 0.6 is 0 Å². The quantitative estimate of drug-likeness (QED) is 0.339. The number of rotatable bonds is 10. The van der Waals surface area contributed by atoms with Gasteiger partial charge in [0.25, 0.3) is 0 Å². The number of nitrogens with two attached hydrogens (primary N) is 1. The van der Waals surface area contributed by atoms with E-state index in [1.54, 1.807) is 7.11 Å². The first kappa shape index (κ1) is 28.0. The first-order valence-electron chi connectivity index (χ1n) is 13.2. The Morgan fingerprint density at radius 3 is 2.58 bits per heavy atom. The molecular formula is C27H42N8O3. The number of aliphatic hydroxyl groups excluding tert-OH is 1. The van der Waals surface area contributed by atoms with Crippen LogP contribution in [0.3, 0.4) is 0 Å². The van der Waals surface area contributed by atoms with Crippen molar-refractivity contribution >= 4 is 22.5 Å². The van der Waals surface area contributed by atoms with Gasteiger partial charge in [-0.3, -0.25) is 0 Å². The molecule has 11 nitrogen and oxygen atoms in total. The summed E-state index contributed by atoms with van der Waals surface area (Å²) in [5, 5.41) is 18.9. The summed E-state index contributed by atoms with van der Waals surface area (Å²) in [6.07, 6.45) is 2.73. The summed E-state index contributed by atoms with van der Waals surface area (Å²) in [7, 11) is 5.87. The Bertz CT molecular complexity index is 1210. The summed E-state index contributed by atoms with van der Waals surface area (Å²) in [6.45, 7) is 10.6. The molecule has 4 N–H and O–H groups in total. The van der Waals surface area contributed by atoms with E-state index in [-0.39, 0.29) is 0 Å². The normalized spacial score (nSPS) is 16.3. The van der Waals surface area contributed by atoms with Crippen molar-refractivity contribution in [3.05, 3.63) is 24.5 Å². The van der Waals surface area contributed by atoms with Crippen molar-refractivity contribution in [1.29, 1.82) is 0 Å². The zero-order valence-electron chi connectivity index (χ0n) is 23.4. The zero-order valence-corrected chi connectivity index (χ0v) is 23.4. The predicted octanol–water partition coefficient (Wildman–Crippen LogP) is 2.86. The highest BCUT2D eigenvalue weighted by Gasteiger charge is 2.23. The molecule has 0 radical (unpaired) electrons. The van der Waals surface area contributed by atoms with Gasteiger partial charge < -0.3 is 35.4 Å². The average Bonchev–Trinajstić information content (AvgIpc) is 3.22. The van der Waals surface area contributed by atoms with Gasteiger partial charge in [-0.25, -0.2) is 14.6 Å². The molecule has 11 heteroatoms. The highest BCUT2D eigenvalue weighted by Crippen LogP contribution is 2.35. The molecule has 208 valence electrons. The second-order valence-electron chi connectivity index (χ2n) is 11.2. The molecule has 3 heterocycles. The highest BCUT2D eigenvalue weighted by atomic mass is 16.6. The summed E-state index contributed by atoms with van der Waals surface area (Å²) < 4.78 is 13.1. The summed E-state index contributed by atoms with van der Waals surface area (Å²) in [6, 6.07) is 5.59. The third-order valence-corrected chi connectivity index (χ3v) is 6.74. The molecule has 1 unspecified atom stereocenters. The van der Waals surface area contributed by atoms with Crippen LogP contribution in [0.5, 0.6) is 5.75 Å². The first-order chi connectivity index (χ1) is 18.0. The fourth-order valence-corrected chi connectivity index (χ4v) is 4.99. The van der Waals surface area contributed by atoms with Gasteiger partial charge in [-0.2, -0.15) is 5.10 Å². The Kier molecular flexibility index (Phi) is 8.71. The lowest BCUT2D eigenvalue weighted by Gasteiger charge is -2.33. The number of nitrogens with one attached hydrogen (secondary N) is 1. The molecule has 1 atom stereocenters. The van der Waals surface area contributed by atoms with Gasteiger partial charge in [-0.1, -0.05) is 6.07 Å². The minimum atomic E-state index is -1.19. The number of ether oxygens (including phenoxy) is 2. The van der Waals surface area contributed by atoms with E-state index in [1.165, 1.54) is 19.2 Å². The Balaban J connectivity index is 1.54. The molecule has 0 saturated carbocycles. The minimum absolute atomic E-state index is 0.385. The van der Waals surface area contributed by atoms with Gasteiger partial charge >= 0.3 is 0 Å². The largest absolute Gasteiger partial charge is 0.495 e. The number of likely N-dealkylation sites (tertiary alicyclic amines) is 1. The monoisotopic (exact) mass is 526 g/mol. The second kappa shape index (κ2) is 11.8. The summed E-state index contributed by atoms with van der Waals surface area (Å²) in [5.74, 6) is 1.69. The van der Waals surface area contributed by atoms with Crippen LogP contribution in [0.15, 0.2) is 24.5 Å². The zero-order chi connectivity index (χ0) is 27.4. The van der Waals surface area contributed by atoms with Crippen LogP contribution in [-0.2, 0) is 11.3 Å². The van der Waals surface area contributed by atoms with Crippen molar-refractivity contribution < 1.29 is 14.6 Å². The lowest BCUT2D eigenvalue weighted by molar-refractivity contribution is -0.148. The number of nitrogens with zero attached hydrogens (tertiary/aromatic N) is 6. The molecule has 0 aliphatic carbocycles. The number of piperidine rings is 1. The third-order valence-electron chi connectivity index (χ3n) is 6.74. The molecule has 3 aromatic rings. The van der Waals surface area contributed by atoms with Gasteiger partial charge in [-0.15, -0.1) is 0 Å². The summed E-state index contributed by atoms with van der Waals surface area (Å²) in [5.41, 5.74) is 8.62. The summed E-state index contributed by atoms with van der Waals surface area (Å²) in [4.78, 5) is 13.5. The van der Waals surface area contributed by atoms with E-state index < -0.39 is 12.0 Å². The van der Waals surface area contributed by atoms with Crippen LogP contribution in [0.2, 0.25) is 0 Å². The Hall–Kier alpha value is -2.99. The van der Waals surface area contributed by atoms with Crippen molar-refractivity contribution in [2.24, 2.45) is 5.92 Å².